The van der Waals surface area contributed by atoms with Crippen molar-refractivity contribution in [1.29, 1.82) is 0 Å². The minimum atomic E-state index is -0.589. The summed E-state index contributed by atoms with van der Waals surface area (Å²) >= 11 is 0. The zero-order valence-corrected chi connectivity index (χ0v) is 15.3. The van der Waals surface area contributed by atoms with Gasteiger partial charge < -0.3 is 19.7 Å². The molecular formula is C20H28N2O3. The Hall–Kier alpha value is -1.85. The van der Waals surface area contributed by atoms with Crippen molar-refractivity contribution in [2.24, 2.45) is 5.92 Å². The number of hydrogen-bond acceptors (Lipinski definition) is 4. The molecule has 2 N–H and O–H groups in total. The lowest BCUT2D eigenvalue weighted by atomic mass is 9.94. The van der Waals surface area contributed by atoms with Crippen LogP contribution in [0.1, 0.15) is 30.0 Å². The normalized spacial score (nSPS) is 21.6. The number of carbonyl (C=O) groups excluding carboxylic acids is 1. The minimum absolute atomic E-state index is 0.280. The summed E-state index contributed by atoms with van der Waals surface area (Å²) in [6.45, 7) is 8.69. The van der Waals surface area contributed by atoms with Crippen molar-refractivity contribution in [3.05, 3.63) is 35.0 Å². The highest BCUT2D eigenvalue weighted by molar-refractivity contribution is 5.87. The van der Waals surface area contributed by atoms with Crippen molar-refractivity contribution in [3.8, 4) is 0 Å². The van der Waals surface area contributed by atoms with Gasteiger partial charge in [-0.2, -0.15) is 0 Å². The number of benzene rings is 1. The summed E-state index contributed by atoms with van der Waals surface area (Å²) < 4.78 is 5.10. The number of nitrogens with zero attached hydrogens (tertiary/aromatic N) is 1. The second kappa shape index (κ2) is 7.58. The number of carbonyl (C=O) groups is 1. The first kappa shape index (κ1) is 18.0. The number of rotatable bonds is 5. The third kappa shape index (κ3) is 3.88. The van der Waals surface area contributed by atoms with E-state index < -0.39 is 12.0 Å². The van der Waals surface area contributed by atoms with E-state index in [0.717, 1.165) is 19.5 Å². The molecule has 1 aliphatic heterocycles. The van der Waals surface area contributed by atoms with Crippen LogP contribution in [0.4, 0.5) is 0 Å². The number of piperidine rings is 1. The maximum absolute atomic E-state index is 12.0. The number of aliphatic hydroxyl groups excluding tert-OH is 1. The summed E-state index contributed by atoms with van der Waals surface area (Å²) in [5, 5.41) is 11.4. The average molecular weight is 344 g/mol. The Morgan fingerprint density at radius 2 is 2.20 bits per heavy atom. The number of H-pyrrole nitrogens is 1. The van der Waals surface area contributed by atoms with E-state index in [1.807, 2.05) is 0 Å². The highest BCUT2D eigenvalue weighted by Crippen LogP contribution is 2.25. The fourth-order valence-corrected chi connectivity index (χ4v) is 3.91. The standard InChI is InChI=1S/C20H28N2O3/c1-4-25-20(24)16-12-22(8-6-18(16)23)7-5-15-11-21-17-10-13(2)9-14(3)19(15)17/h9-11,16,18,21,23H,4-8,12H2,1-3H3/t16-,18-/m1/s1. The van der Waals surface area contributed by atoms with E-state index in [4.69, 9.17) is 4.74 Å². The monoisotopic (exact) mass is 344 g/mol. The van der Waals surface area contributed by atoms with Crippen LogP contribution in [0.25, 0.3) is 10.9 Å². The number of aromatic nitrogens is 1. The number of aryl methyl sites for hydroxylation is 2. The molecule has 1 saturated heterocycles. The lowest BCUT2D eigenvalue weighted by molar-refractivity contribution is -0.155. The van der Waals surface area contributed by atoms with Crippen LogP contribution in [-0.2, 0) is 16.0 Å². The van der Waals surface area contributed by atoms with Gasteiger partial charge in [-0.15, -0.1) is 0 Å². The van der Waals surface area contributed by atoms with Gasteiger partial charge >= 0.3 is 5.97 Å². The molecule has 0 radical (unpaired) electrons. The number of fused-ring (bicyclic) bond motifs is 1. The molecule has 2 atom stereocenters. The van der Waals surface area contributed by atoms with E-state index in [2.05, 4.69) is 42.1 Å². The summed E-state index contributed by atoms with van der Waals surface area (Å²) in [5.74, 6) is -0.709. The van der Waals surface area contributed by atoms with Gasteiger partial charge in [-0.05, 0) is 56.4 Å². The molecule has 3 rings (SSSR count). The molecular weight excluding hydrogens is 316 g/mol. The smallest absolute Gasteiger partial charge is 0.312 e. The minimum Gasteiger partial charge on any atom is -0.466 e. The Kier molecular flexibility index (Phi) is 5.45. The molecule has 0 spiro atoms. The first-order chi connectivity index (χ1) is 12.0. The molecule has 5 nitrogen and oxygen atoms in total. The molecule has 2 aromatic rings. The van der Waals surface area contributed by atoms with Crippen LogP contribution < -0.4 is 0 Å². The highest BCUT2D eigenvalue weighted by atomic mass is 16.5. The fraction of sp³-hybridized carbons (Fsp3) is 0.550. The summed E-state index contributed by atoms with van der Waals surface area (Å²) in [6, 6.07) is 4.40. The van der Waals surface area contributed by atoms with Crippen LogP contribution in [0.2, 0.25) is 0 Å². The molecule has 0 unspecified atom stereocenters. The number of ether oxygens (including phenoxy) is 1. The van der Waals surface area contributed by atoms with Crippen molar-refractivity contribution in [2.45, 2.75) is 39.7 Å². The predicted octanol–water partition coefficient (Wildman–Crippen LogP) is 2.57. The Labute approximate surface area is 149 Å². The second-order valence-corrected chi connectivity index (χ2v) is 7.08. The number of aliphatic hydroxyl groups is 1. The van der Waals surface area contributed by atoms with Crippen LogP contribution in [0.3, 0.4) is 0 Å². The summed E-state index contributed by atoms with van der Waals surface area (Å²) in [5.41, 5.74) is 5.06. The van der Waals surface area contributed by atoms with Gasteiger partial charge in [0.15, 0.2) is 0 Å². The Balaban J connectivity index is 1.67. The molecule has 1 aliphatic rings. The number of esters is 1. The topological polar surface area (TPSA) is 65.6 Å². The SMILES string of the molecule is CCOC(=O)[C@@H]1CN(CCc2c[nH]c3cc(C)cc(C)c23)CC[C@H]1O. The highest BCUT2D eigenvalue weighted by Gasteiger charge is 2.34. The van der Waals surface area contributed by atoms with Crippen LogP contribution in [0.5, 0.6) is 0 Å². The van der Waals surface area contributed by atoms with Crippen molar-refractivity contribution in [1.82, 2.24) is 9.88 Å². The maximum atomic E-state index is 12.0. The molecule has 0 amide bonds. The van der Waals surface area contributed by atoms with Crippen LogP contribution in [0.15, 0.2) is 18.3 Å². The molecule has 136 valence electrons. The lowest BCUT2D eigenvalue weighted by Gasteiger charge is -2.34. The van der Waals surface area contributed by atoms with E-state index in [1.165, 1.54) is 27.6 Å². The molecule has 1 fully saturated rings. The van der Waals surface area contributed by atoms with Crippen LogP contribution in [-0.4, -0.2) is 53.3 Å². The number of nitrogens with one attached hydrogen (secondary N) is 1. The second-order valence-electron chi connectivity index (χ2n) is 7.08. The molecule has 0 aliphatic carbocycles. The third-order valence-corrected chi connectivity index (χ3v) is 5.15. The molecule has 5 heteroatoms. The predicted molar refractivity (Wildman–Crippen MR) is 98.7 cm³/mol. The molecule has 1 aromatic carbocycles. The first-order valence-electron chi connectivity index (χ1n) is 9.14. The number of likely N-dealkylation sites (tertiary alicyclic amines) is 1. The van der Waals surface area contributed by atoms with E-state index >= 15 is 0 Å². The quantitative estimate of drug-likeness (QED) is 0.818. The van der Waals surface area contributed by atoms with E-state index in [0.29, 0.717) is 19.6 Å². The Morgan fingerprint density at radius 3 is 2.96 bits per heavy atom. The lowest BCUT2D eigenvalue weighted by Crippen LogP contribution is -2.47. The number of aromatic amines is 1. The number of hydrogen-bond donors (Lipinski definition) is 2. The Bertz CT molecular complexity index is 753. The van der Waals surface area contributed by atoms with E-state index in [-0.39, 0.29) is 5.97 Å². The zero-order valence-electron chi connectivity index (χ0n) is 15.3. The van der Waals surface area contributed by atoms with Gasteiger partial charge in [-0.1, -0.05) is 6.07 Å². The van der Waals surface area contributed by atoms with Crippen molar-refractivity contribution >= 4 is 16.9 Å². The molecule has 1 aromatic heterocycles. The van der Waals surface area contributed by atoms with Gasteiger partial charge in [0.1, 0.15) is 0 Å². The van der Waals surface area contributed by atoms with Crippen molar-refractivity contribution < 1.29 is 14.6 Å². The van der Waals surface area contributed by atoms with Gasteiger partial charge in [0.2, 0.25) is 0 Å². The van der Waals surface area contributed by atoms with Gasteiger partial charge in [0.25, 0.3) is 0 Å². The summed E-state index contributed by atoms with van der Waals surface area (Å²) in [6.07, 6.45) is 3.05. The Morgan fingerprint density at radius 1 is 1.40 bits per heavy atom. The molecule has 0 saturated carbocycles. The zero-order chi connectivity index (χ0) is 18.0. The summed E-state index contributed by atoms with van der Waals surface area (Å²) in [4.78, 5) is 17.7. The van der Waals surface area contributed by atoms with Gasteiger partial charge in [-0.25, -0.2) is 0 Å². The molecule has 0 bridgehead atoms. The third-order valence-electron chi connectivity index (χ3n) is 5.15. The van der Waals surface area contributed by atoms with Gasteiger partial charge in [-0.3, -0.25) is 4.79 Å². The largest absolute Gasteiger partial charge is 0.466 e. The molecule has 25 heavy (non-hydrogen) atoms. The van der Waals surface area contributed by atoms with Gasteiger partial charge in [0.05, 0.1) is 18.6 Å². The average Bonchev–Trinajstić information content (AvgIpc) is 2.97. The molecule has 2 heterocycles. The van der Waals surface area contributed by atoms with E-state index in [9.17, 15) is 9.90 Å². The fourth-order valence-electron chi connectivity index (χ4n) is 3.91. The van der Waals surface area contributed by atoms with Crippen LogP contribution >= 0.6 is 0 Å². The maximum Gasteiger partial charge on any atom is 0.312 e. The van der Waals surface area contributed by atoms with Crippen LogP contribution in [0, 0.1) is 19.8 Å². The van der Waals surface area contributed by atoms with Crippen molar-refractivity contribution in [2.75, 3.05) is 26.2 Å². The summed E-state index contributed by atoms with van der Waals surface area (Å²) in [7, 11) is 0. The van der Waals surface area contributed by atoms with Crippen molar-refractivity contribution in [3.63, 3.8) is 0 Å². The van der Waals surface area contributed by atoms with Gasteiger partial charge in [0, 0.05) is 36.7 Å². The van der Waals surface area contributed by atoms with E-state index in [1.54, 1.807) is 6.92 Å². The first-order valence-corrected chi connectivity index (χ1v) is 9.14.